The highest BCUT2D eigenvalue weighted by Crippen LogP contribution is 2.26. The average molecular weight is 240 g/mol. The second-order valence-corrected chi connectivity index (χ2v) is 4.09. The van der Waals surface area contributed by atoms with Gasteiger partial charge in [0.1, 0.15) is 0 Å². The third-order valence-electron chi connectivity index (χ3n) is 2.96. The molecule has 18 heavy (non-hydrogen) atoms. The molecule has 0 amide bonds. The van der Waals surface area contributed by atoms with Crippen LogP contribution in [0.4, 0.5) is 11.4 Å². The van der Waals surface area contributed by atoms with Gasteiger partial charge < -0.3 is 10.6 Å². The van der Waals surface area contributed by atoms with Crippen LogP contribution in [0, 0.1) is 11.3 Å². The van der Waals surface area contributed by atoms with Crippen molar-refractivity contribution in [3.05, 3.63) is 30.5 Å². The molecular formula is C14H16N4. The lowest BCUT2D eigenvalue weighted by Crippen LogP contribution is -2.23. The summed E-state index contributed by atoms with van der Waals surface area (Å²) in [5.41, 5.74) is 8.48. The fourth-order valence-corrected chi connectivity index (χ4v) is 2.06. The van der Waals surface area contributed by atoms with E-state index < -0.39 is 0 Å². The highest BCUT2D eigenvalue weighted by molar-refractivity contribution is 5.93. The lowest BCUT2D eigenvalue weighted by atomic mass is 10.1. The van der Waals surface area contributed by atoms with Crippen LogP contribution in [-0.4, -0.2) is 18.1 Å². The molecule has 4 heteroatoms. The van der Waals surface area contributed by atoms with Gasteiger partial charge in [-0.3, -0.25) is 4.98 Å². The lowest BCUT2D eigenvalue weighted by molar-refractivity contribution is 0.830. The molecule has 0 aliphatic rings. The molecule has 0 atom stereocenters. The molecule has 4 nitrogen and oxygen atoms in total. The van der Waals surface area contributed by atoms with Crippen LogP contribution in [0.25, 0.3) is 10.9 Å². The fourth-order valence-electron chi connectivity index (χ4n) is 2.06. The van der Waals surface area contributed by atoms with E-state index in [0.717, 1.165) is 29.7 Å². The third kappa shape index (κ3) is 2.35. The highest BCUT2D eigenvalue weighted by atomic mass is 15.1. The second-order valence-electron chi connectivity index (χ2n) is 4.09. The summed E-state index contributed by atoms with van der Waals surface area (Å²) < 4.78 is 0. The molecule has 0 saturated heterocycles. The van der Waals surface area contributed by atoms with E-state index in [1.807, 2.05) is 24.3 Å². The quantitative estimate of drug-likeness (QED) is 0.834. The summed E-state index contributed by atoms with van der Waals surface area (Å²) in [6.45, 7) is 3.68. The molecule has 1 aromatic heterocycles. The predicted molar refractivity (Wildman–Crippen MR) is 74.3 cm³/mol. The molecule has 0 bridgehead atoms. The van der Waals surface area contributed by atoms with E-state index in [4.69, 9.17) is 11.0 Å². The number of fused-ring (bicyclic) bond motifs is 1. The standard InChI is InChI=1S/C14H16N4/c1-2-18(9-3-7-15)14-6-8-17-13-10-11(16)4-5-12(13)14/h4-6,8,10H,2-3,9,16H2,1H3. The Bertz CT molecular complexity index is 586. The first-order valence-corrected chi connectivity index (χ1v) is 6.02. The smallest absolute Gasteiger partial charge is 0.0743 e. The normalized spacial score (nSPS) is 10.2. The van der Waals surface area contributed by atoms with Crippen LogP contribution in [0.1, 0.15) is 13.3 Å². The molecule has 2 rings (SSSR count). The molecule has 0 spiro atoms. The zero-order valence-electron chi connectivity index (χ0n) is 10.4. The Morgan fingerprint density at radius 2 is 2.22 bits per heavy atom. The van der Waals surface area contributed by atoms with E-state index in [0.29, 0.717) is 12.1 Å². The van der Waals surface area contributed by atoms with Crippen LogP contribution in [0.5, 0.6) is 0 Å². The molecule has 1 aromatic carbocycles. The average Bonchev–Trinajstić information content (AvgIpc) is 2.39. The maximum Gasteiger partial charge on any atom is 0.0743 e. The van der Waals surface area contributed by atoms with Gasteiger partial charge in [-0.15, -0.1) is 0 Å². The number of nitrogens with zero attached hydrogens (tertiary/aromatic N) is 3. The van der Waals surface area contributed by atoms with Crippen molar-refractivity contribution in [2.45, 2.75) is 13.3 Å². The first-order chi connectivity index (χ1) is 8.76. The molecule has 0 saturated carbocycles. The number of aromatic nitrogens is 1. The molecule has 0 aliphatic carbocycles. The van der Waals surface area contributed by atoms with Gasteiger partial charge in [0.25, 0.3) is 0 Å². The maximum atomic E-state index is 8.70. The minimum absolute atomic E-state index is 0.520. The predicted octanol–water partition coefficient (Wildman–Crippen LogP) is 2.56. The number of rotatable bonds is 4. The van der Waals surface area contributed by atoms with Crippen molar-refractivity contribution in [3.63, 3.8) is 0 Å². The van der Waals surface area contributed by atoms with Gasteiger partial charge in [-0.25, -0.2) is 0 Å². The molecule has 92 valence electrons. The molecule has 0 radical (unpaired) electrons. The molecule has 0 unspecified atom stereocenters. The van der Waals surface area contributed by atoms with E-state index in [1.165, 1.54) is 0 Å². The minimum atomic E-state index is 0.520. The first-order valence-electron chi connectivity index (χ1n) is 6.02. The number of hydrogen-bond donors (Lipinski definition) is 1. The number of nitrogen functional groups attached to an aromatic ring is 1. The van der Waals surface area contributed by atoms with Crippen molar-refractivity contribution < 1.29 is 0 Å². The largest absolute Gasteiger partial charge is 0.399 e. The van der Waals surface area contributed by atoms with Crippen molar-refractivity contribution in [2.24, 2.45) is 0 Å². The van der Waals surface area contributed by atoms with Crippen molar-refractivity contribution in [1.29, 1.82) is 5.26 Å². The summed E-state index contributed by atoms with van der Waals surface area (Å²) >= 11 is 0. The number of pyridine rings is 1. The number of nitriles is 1. The zero-order valence-corrected chi connectivity index (χ0v) is 10.4. The number of hydrogen-bond acceptors (Lipinski definition) is 4. The number of anilines is 2. The summed E-state index contributed by atoms with van der Waals surface area (Å²) in [6.07, 6.45) is 2.30. The van der Waals surface area contributed by atoms with E-state index in [1.54, 1.807) is 6.20 Å². The van der Waals surface area contributed by atoms with Crippen LogP contribution in [0.15, 0.2) is 30.5 Å². The molecule has 1 heterocycles. The van der Waals surface area contributed by atoms with Crippen LogP contribution < -0.4 is 10.6 Å². The van der Waals surface area contributed by atoms with Crippen LogP contribution >= 0.6 is 0 Å². The van der Waals surface area contributed by atoms with E-state index in [9.17, 15) is 0 Å². The highest BCUT2D eigenvalue weighted by Gasteiger charge is 2.08. The molecular weight excluding hydrogens is 224 g/mol. The molecule has 0 fully saturated rings. The number of benzene rings is 1. The van der Waals surface area contributed by atoms with Gasteiger partial charge in [0, 0.05) is 36.0 Å². The van der Waals surface area contributed by atoms with Crippen LogP contribution in [0.3, 0.4) is 0 Å². The first kappa shape index (κ1) is 12.2. The van der Waals surface area contributed by atoms with E-state index in [-0.39, 0.29) is 0 Å². The zero-order chi connectivity index (χ0) is 13.0. The second kappa shape index (κ2) is 5.37. The SMILES string of the molecule is CCN(CCC#N)c1ccnc2cc(N)ccc12. The maximum absolute atomic E-state index is 8.70. The van der Waals surface area contributed by atoms with Crippen molar-refractivity contribution in [1.82, 2.24) is 4.98 Å². The lowest BCUT2D eigenvalue weighted by Gasteiger charge is -2.23. The Morgan fingerprint density at radius 1 is 1.39 bits per heavy atom. The minimum Gasteiger partial charge on any atom is -0.399 e. The van der Waals surface area contributed by atoms with Crippen LogP contribution in [0.2, 0.25) is 0 Å². The summed E-state index contributed by atoms with van der Waals surface area (Å²) in [7, 11) is 0. The van der Waals surface area contributed by atoms with Crippen LogP contribution in [-0.2, 0) is 0 Å². The Hall–Kier alpha value is -2.28. The summed E-state index contributed by atoms with van der Waals surface area (Å²) in [6, 6.07) is 9.91. The number of nitrogens with two attached hydrogens (primary N) is 1. The summed E-state index contributed by atoms with van der Waals surface area (Å²) in [5, 5.41) is 9.78. The van der Waals surface area contributed by atoms with E-state index >= 15 is 0 Å². The van der Waals surface area contributed by atoms with Crippen molar-refractivity contribution >= 4 is 22.3 Å². The van der Waals surface area contributed by atoms with E-state index in [2.05, 4.69) is 22.9 Å². The Kier molecular flexibility index (Phi) is 3.63. The fraction of sp³-hybridized carbons (Fsp3) is 0.286. The molecule has 2 aromatic rings. The monoisotopic (exact) mass is 240 g/mol. The summed E-state index contributed by atoms with van der Waals surface area (Å²) in [4.78, 5) is 6.51. The van der Waals surface area contributed by atoms with Gasteiger partial charge >= 0.3 is 0 Å². The summed E-state index contributed by atoms with van der Waals surface area (Å²) in [5.74, 6) is 0. The van der Waals surface area contributed by atoms with Gasteiger partial charge in [0.05, 0.1) is 18.0 Å². The van der Waals surface area contributed by atoms with Gasteiger partial charge in [0.15, 0.2) is 0 Å². The Morgan fingerprint density at radius 3 is 2.94 bits per heavy atom. The third-order valence-corrected chi connectivity index (χ3v) is 2.96. The molecule has 2 N–H and O–H groups in total. The Labute approximate surface area is 107 Å². The van der Waals surface area contributed by atoms with Gasteiger partial charge in [0.2, 0.25) is 0 Å². The van der Waals surface area contributed by atoms with Gasteiger partial charge in [-0.05, 0) is 31.2 Å². The Balaban J connectivity index is 2.46. The van der Waals surface area contributed by atoms with Gasteiger partial charge in [-0.2, -0.15) is 5.26 Å². The van der Waals surface area contributed by atoms with Gasteiger partial charge in [-0.1, -0.05) is 0 Å². The van der Waals surface area contributed by atoms with Crippen molar-refractivity contribution in [2.75, 3.05) is 23.7 Å². The topological polar surface area (TPSA) is 65.9 Å². The van der Waals surface area contributed by atoms with Crippen molar-refractivity contribution in [3.8, 4) is 6.07 Å². The molecule has 0 aliphatic heterocycles.